The lowest BCUT2D eigenvalue weighted by atomic mass is 10.2. The Bertz CT molecular complexity index is 625. The quantitative estimate of drug-likeness (QED) is 0.914. The summed E-state index contributed by atoms with van der Waals surface area (Å²) < 4.78 is 2.73. The van der Waals surface area contributed by atoms with Crippen LogP contribution in [-0.2, 0) is 6.54 Å². The summed E-state index contributed by atoms with van der Waals surface area (Å²) in [7, 11) is 0. The van der Waals surface area contributed by atoms with Crippen LogP contribution in [0.15, 0.2) is 35.1 Å². The minimum atomic E-state index is 0.386. The Morgan fingerprint density at radius 3 is 2.90 bits per heavy atom. The fourth-order valence-electron chi connectivity index (χ4n) is 1.94. The lowest BCUT2D eigenvalue weighted by molar-refractivity contribution is 0.552. The third-order valence-electron chi connectivity index (χ3n) is 2.89. The van der Waals surface area contributed by atoms with Gasteiger partial charge in [-0.15, -0.1) is 0 Å². The zero-order valence-electron chi connectivity index (χ0n) is 11.6. The molecule has 5 heteroatoms. The molecule has 0 bridgehead atoms. The average Bonchev–Trinajstić information content (AvgIpc) is 2.86. The van der Waals surface area contributed by atoms with E-state index in [4.69, 9.17) is 5.26 Å². The number of rotatable bonds is 5. The maximum Gasteiger partial charge on any atom is 0.217 e. The number of halogens is 1. The first-order valence-electron chi connectivity index (χ1n) is 6.54. The van der Waals surface area contributed by atoms with Crippen molar-refractivity contribution in [3.05, 3.63) is 46.5 Å². The Labute approximate surface area is 127 Å². The van der Waals surface area contributed by atoms with Gasteiger partial charge in [0.1, 0.15) is 6.07 Å². The summed E-state index contributed by atoms with van der Waals surface area (Å²) >= 11 is 3.57. The van der Waals surface area contributed by atoms with E-state index in [1.54, 1.807) is 17.0 Å². The lowest BCUT2D eigenvalue weighted by Crippen LogP contribution is -2.18. The van der Waals surface area contributed by atoms with Crippen molar-refractivity contribution >= 4 is 15.9 Å². The molecule has 1 N–H and O–H groups in total. The second-order valence-electron chi connectivity index (χ2n) is 5.04. The molecule has 2 rings (SSSR count). The summed E-state index contributed by atoms with van der Waals surface area (Å²) in [4.78, 5) is 4.01. The Kier molecular flexibility index (Phi) is 4.94. The molecule has 0 atom stereocenters. The van der Waals surface area contributed by atoms with Crippen molar-refractivity contribution in [3.8, 4) is 11.8 Å². The molecule has 1 aromatic heterocycles. The number of hydrogen-bond donors (Lipinski definition) is 1. The van der Waals surface area contributed by atoms with Gasteiger partial charge >= 0.3 is 0 Å². The minimum absolute atomic E-state index is 0.386. The highest BCUT2D eigenvalue weighted by Crippen LogP contribution is 2.23. The number of nitriles is 1. The second-order valence-corrected chi connectivity index (χ2v) is 5.90. The van der Waals surface area contributed by atoms with E-state index in [1.807, 2.05) is 6.07 Å². The predicted octanol–water partition coefficient (Wildman–Crippen LogP) is 3.25. The molecule has 0 aliphatic rings. The molecule has 0 aliphatic heterocycles. The highest BCUT2D eigenvalue weighted by atomic mass is 79.9. The standard InChI is InChI=1S/C15H17BrN4/c1-11(2)9-18-10-12-3-4-14(13(16)7-12)20-6-5-19-15(20)8-17/h3-7,11,18H,9-10H2,1-2H3. The highest BCUT2D eigenvalue weighted by molar-refractivity contribution is 9.10. The maximum atomic E-state index is 9.02. The van der Waals surface area contributed by atoms with Crippen LogP contribution in [0.25, 0.3) is 5.69 Å². The molecule has 1 aromatic carbocycles. The average molecular weight is 333 g/mol. The van der Waals surface area contributed by atoms with E-state index < -0.39 is 0 Å². The molecular weight excluding hydrogens is 316 g/mol. The van der Waals surface area contributed by atoms with Crippen molar-refractivity contribution in [1.82, 2.24) is 14.9 Å². The number of hydrogen-bond acceptors (Lipinski definition) is 3. The van der Waals surface area contributed by atoms with Crippen molar-refractivity contribution in [2.24, 2.45) is 5.92 Å². The third-order valence-corrected chi connectivity index (χ3v) is 3.53. The van der Waals surface area contributed by atoms with Crippen LogP contribution in [0.3, 0.4) is 0 Å². The maximum absolute atomic E-state index is 9.02. The zero-order valence-corrected chi connectivity index (χ0v) is 13.2. The summed E-state index contributed by atoms with van der Waals surface area (Å²) in [5.74, 6) is 1.03. The fraction of sp³-hybridized carbons (Fsp3) is 0.333. The van der Waals surface area contributed by atoms with Crippen LogP contribution in [0.4, 0.5) is 0 Å². The van der Waals surface area contributed by atoms with E-state index in [1.165, 1.54) is 5.56 Å². The summed E-state index contributed by atoms with van der Waals surface area (Å²) in [5.41, 5.74) is 2.13. The van der Waals surface area contributed by atoms with E-state index in [0.29, 0.717) is 11.7 Å². The molecule has 4 nitrogen and oxygen atoms in total. The molecule has 0 saturated carbocycles. The summed E-state index contributed by atoms with van der Waals surface area (Å²) in [5, 5.41) is 12.4. The van der Waals surface area contributed by atoms with Crippen molar-refractivity contribution in [2.45, 2.75) is 20.4 Å². The van der Waals surface area contributed by atoms with Crippen molar-refractivity contribution in [3.63, 3.8) is 0 Å². The Hall–Kier alpha value is -1.64. The molecule has 0 amide bonds. The largest absolute Gasteiger partial charge is 0.312 e. The van der Waals surface area contributed by atoms with Crippen molar-refractivity contribution in [2.75, 3.05) is 6.54 Å². The van der Waals surface area contributed by atoms with Gasteiger partial charge in [0.25, 0.3) is 0 Å². The van der Waals surface area contributed by atoms with Gasteiger partial charge in [-0.05, 0) is 46.1 Å². The van der Waals surface area contributed by atoms with Crippen LogP contribution in [0.5, 0.6) is 0 Å². The van der Waals surface area contributed by atoms with Crippen LogP contribution >= 0.6 is 15.9 Å². The molecule has 0 saturated heterocycles. The summed E-state index contributed by atoms with van der Waals surface area (Å²) in [6, 6.07) is 8.22. The first-order chi connectivity index (χ1) is 9.61. The van der Waals surface area contributed by atoms with Crippen molar-refractivity contribution in [1.29, 1.82) is 5.26 Å². The van der Waals surface area contributed by atoms with Gasteiger partial charge in [0.15, 0.2) is 0 Å². The van der Waals surface area contributed by atoms with E-state index >= 15 is 0 Å². The molecule has 1 heterocycles. The molecule has 104 valence electrons. The van der Waals surface area contributed by atoms with Crippen LogP contribution in [0.2, 0.25) is 0 Å². The number of benzene rings is 1. The van der Waals surface area contributed by atoms with Gasteiger partial charge < -0.3 is 5.32 Å². The first kappa shape index (κ1) is 14.8. The molecule has 0 aliphatic carbocycles. The lowest BCUT2D eigenvalue weighted by Gasteiger charge is -2.11. The molecule has 2 aromatic rings. The summed E-state index contributed by atoms with van der Waals surface area (Å²) in [6.07, 6.45) is 3.42. The molecule has 0 unspecified atom stereocenters. The van der Waals surface area contributed by atoms with Gasteiger partial charge in [0.2, 0.25) is 5.82 Å². The number of aromatic nitrogens is 2. The number of nitrogens with zero attached hydrogens (tertiary/aromatic N) is 3. The van der Waals surface area contributed by atoms with Crippen LogP contribution < -0.4 is 5.32 Å². The van der Waals surface area contributed by atoms with Crippen LogP contribution in [-0.4, -0.2) is 16.1 Å². The highest BCUT2D eigenvalue weighted by Gasteiger charge is 2.08. The fourth-order valence-corrected chi connectivity index (χ4v) is 2.56. The smallest absolute Gasteiger partial charge is 0.217 e. The molecule has 20 heavy (non-hydrogen) atoms. The van der Waals surface area contributed by atoms with Gasteiger partial charge in [0.05, 0.1) is 5.69 Å². The Balaban J connectivity index is 2.16. The third kappa shape index (κ3) is 3.47. The van der Waals surface area contributed by atoms with E-state index in [-0.39, 0.29) is 0 Å². The van der Waals surface area contributed by atoms with Crippen LogP contribution in [0.1, 0.15) is 25.2 Å². The normalized spacial score (nSPS) is 10.8. The molecular formula is C15H17BrN4. The van der Waals surface area contributed by atoms with Gasteiger partial charge in [0, 0.05) is 23.4 Å². The van der Waals surface area contributed by atoms with Crippen LogP contribution in [0, 0.1) is 17.2 Å². The van der Waals surface area contributed by atoms with Gasteiger partial charge in [-0.25, -0.2) is 4.98 Å². The Morgan fingerprint density at radius 2 is 2.25 bits per heavy atom. The molecule has 0 fully saturated rings. The number of imidazole rings is 1. The van der Waals surface area contributed by atoms with Gasteiger partial charge in [-0.1, -0.05) is 19.9 Å². The summed E-state index contributed by atoms with van der Waals surface area (Å²) in [6.45, 7) is 6.22. The van der Waals surface area contributed by atoms with Gasteiger partial charge in [-0.3, -0.25) is 4.57 Å². The predicted molar refractivity (Wildman–Crippen MR) is 82.5 cm³/mol. The minimum Gasteiger partial charge on any atom is -0.312 e. The SMILES string of the molecule is CC(C)CNCc1ccc(-n2ccnc2C#N)c(Br)c1. The monoisotopic (exact) mass is 332 g/mol. The molecule has 0 spiro atoms. The topological polar surface area (TPSA) is 53.6 Å². The van der Waals surface area contributed by atoms with Gasteiger partial charge in [-0.2, -0.15) is 5.26 Å². The second kappa shape index (κ2) is 6.69. The Morgan fingerprint density at radius 1 is 1.45 bits per heavy atom. The molecule has 0 radical (unpaired) electrons. The first-order valence-corrected chi connectivity index (χ1v) is 7.34. The van der Waals surface area contributed by atoms with Crippen molar-refractivity contribution < 1.29 is 0 Å². The van der Waals surface area contributed by atoms with E-state index in [9.17, 15) is 0 Å². The number of nitrogens with one attached hydrogen (secondary N) is 1. The van der Waals surface area contributed by atoms with E-state index in [0.717, 1.165) is 23.2 Å². The zero-order chi connectivity index (χ0) is 14.5. The van der Waals surface area contributed by atoms with E-state index in [2.05, 4.69) is 58.3 Å².